The summed E-state index contributed by atoms with van der Waals surface area (Å²) < 4.78 is 0. The van der Waals surface area contributed by atoms with Crippen molar-refractivity contribution in [3.05, 3.63) is 34.4 Å². The SMILES string of the molecule is O=C(O)c1ccc(C(=O)O)c(CC(O)O)c1CC(O)O. The number of aliphatic hydroxyl groups is 4. The van der Waals surface area contributed by atoms with E-state index in [0.717, 1.165) is 12.1 Å². The van der Waals surface area contributed by atoms with E-state index < -0.39 is 37.4 Å². The number of carbonyl (C=O) groups is 2. The van der Waals surface area contributed by atoms with Crippen molar-refractivity contribution < 1.29 is 40.2 Å². The number of aliphatic hydroxyl groups excluding tert-OH is 2. The number of carboxylic acid groups (broad SMARTS) is 2. The van der Waals surface area contributed by atoms with Crippen molar-refractivity contribution >= 4 is 11.9 Å². The van der Waals surface area contributed by atoms with Gasteiger partial charge in [0.2, 0.25) is 0 Å². The van der Waals surface area contributed by atoms with Crippen LogP contribution in [-0.2, 0) is 12.8 Å². The van der Waals surface area contributed by atoms with Crippen LogP contribution in [0.4, 0.5) is 0 Å². The molecule has 0 amide bonds. The summed E-state index contributed by atoms with van der Waals surface area (Å²) in [5.41, 5.74) is -0.946. The van der Waals surface area contributed by atoms with Gasteiger partial charge in [0.1, 0.15) is 0 Å². The van der Waals surface area contributed by atoms with Gasteiger partial charge in [-0.3, -0.25) is 0 Å². The zero-order valence-corrected chi connectivity index (χ0v) is 10.2. The summed E-state index contributed by atoms with van der Waals surface area (Å²) in [4.78, 5) is 22.2. The van der Waals surface area contributed by atoms with E-state index in [-0.39, 0.29) is 22.3 Å². The lowest BCUT2D eigenvalue weighted by atomic mass is 9.91. The van der Waals surface area contributed by atoms with Crippen LogP contribution in [0.15, 0.2) is 12.1 Å². The second kappa shape index (κ2) is 6.44. The largest absolute Gasteiger partial charge is 0.478 e. The maximum absolute atomic E-state index is 11.1. The fourth-order valence-electron chi connectivity index (χ4n) is 1.93. The van der Waals surface area contributed by atoms with Crippen LogP contribution in [0.2, 0.25) is 0 Å². The summed E-state index contributed by atoms with van der Waals surface area (Å²) >= 11 is 0. The summed E-state index contributed by atoms with van der Waals surface area (Å²) in [5.74, 6) is -2.77. The van der Waals surface area contributed by atoms with E-state index >= 15 is 0 Å². The third-order valence-corrected chi connectivity index (χ3v) is 2.67. The molecule has 20 heavy (non-hydrogen) atoms. The Bertz CT molecular complexity index is 473. The van der Waals surface area contributed by atoms with E-state index in [2.05, 4.69) is 0 Å². The normalized spacial score (nSPS) is 11.1. The Morgan fingerprint density at radius 1 is 0.800 bits per heavy atom. The van der Waals surface area contributed by atoms with Gasteiger partial charge in [-0.05, 0) is 23.3 Å². The van der Waals surface area contributed by atoms with Gasteiger partial charge < -0.3 is 30.6 Å². The van der Waals surface area contributed by atoms with Gasteiger partial charge in [0.15, 0.2) is 12.6 Å². The molecule has 110 valence electrons. The molecule has 0 spiro atoms. The molecule has 0 fully saturated rings. The number of hydrogen-bond donors (Lipinski definition) is 6. The van der Waals surface area contributed by atoms with Gasteiger partial charge in [-0.2, -0.15) is 0 Å². The summed E-state index contributed by atoms with van der Waals surface area (Å²) in [6.07, 6.45) is -4.87. The monoisotopic (exact) mass is 286 g/mol. The zero-order chi connectivity index (χ0) is 15.4. The standard InChI is InChI=1S/C12H14O8/c13-9(14)3-7-5(11(17)18)1-2-6(12(19)20)8(7)4-10(15)16/h1-2,9-10,13-16H,3-4H2,(H,17,18)(H,19,20). The molecular formula is C12H14O8. The molecule has 8 heteroatoms. The highest BCUT2D eigenvalue weighted by Gasteiger charge is 2.23. The maximum atomic E-state index is 11.1. The van der Waals surface area contributed by atoms with E-state index in [1.165, 1.54) is 0 Å². The topological polar surface area (TPSA) is 156 Å². The molecule has 8 nitrogen and oxygen atoms in total. The average molecular weight is 286 g/mol. The van der Waals surface area contributed by atoms with Crippen molar-refractivity contribution in [1.82, 2.24) is 0 Å². The van der Waals surface area contributed by atoms with E-state index in [0.29, 0.717) is 0 Å². The molecule has 0 unspecified atom stereocenters. The first-order valence-electron chi connectivity index (χ1n) is 5.57. The van der Waals surface area contributed by atoms with Crippen molar-refractivity contribution in [3.8, 4) is 0 Å². The molecular weight excluding hydrogens is 272 g/mol. The number of benzene rings is 1. The minimum atomic E-state index is -1.90. The van der Waals surface area contributed by atoms with Crippen LogP contribution >= 0.6 is 0 Å². The lowest BCUT2D eigenvalue weighted by molar-refractivity contribution is -0.0432. The van der Waals surface area contributed by atoms with E-state index in [4.69, 9.17) is 30.6 Å². The highest BCUT2D eigenvalue weighted by atomic mass is 16.5. The minimum Gasteiger partial charge on any atom is -0.478 e. The van der Waals surface area contributed by atoms with Crippen molar-refractivity contribution in [1.29, 1.82) is 0 Å². The molecule has 0 bridgehead atoms. The van der Waals surface area contributed by atoms with Gasteiger partial charge in [0.25, 0.3) is 0 Å². The Kier molecular flexibility index (Phi) is 5.17. The average Bonchev–Trinajstić information content (AvgIpc) is 2.28. The molecule has 6 N–H and O–H groups in total. The van der Waals surface area contributed by atoms with E-state index in [1.54, 1.807) is 0 Å². The second-order valence-corrected chi connectivity index (χ2v) is 4.10. The predicted octanol–water partition coefficient (Wildman–Crippen LogP) is -1.21. The van der Waals surface area contributed by atoms with E-state index in [9.17, 15) is 9.59 Å². The molecule has 0 saturated carbocycles. The van der Waals surface area contributed by atoms with Crippen LogP contribution in [0.3, 0.4) is 0 Å². The maximum Gasteiger partial charge on any atom is 0.335 e. The fraction of sp³-hybridized carbons (Fsp3) is 0.333. The predicted molar refractivity (Wildman–Crippen MR) is 64.2 cm³/mol. The lowest BCUT2D eigenvalue weighted by Gasteiger charge is -2.17. The Balaban J connectivity index is 3.53. The molecule has 0 radical (unpaired) electrons. The first-order valence-corrected chi connectivity index (χ1v) is 5.57. The summed E-state index contributed by atoms with van der Waals surface area (Å²) in [7, 11) is 0. The summed E-state index contributed by atoms with van der Waals surface area (Å²) in [6, 6.07) is 2.05. The van der Waals surface area contributed by atoms with Crippen LogP contribution in [0, 0.1) is 0 Å². The Labute approximate surface area is 113 Å². The first kappa shape index (κ1) is 16.1. The smallest absolute Gasteiger partial charge is 0.335 e. The van der Waals surface area contributed by atoms with Crippen LogP contribution in [0.1, 0.15) is 31.8 Å². The molecule has 0 saturated heterocycles. The van der Waals surface area contributed by atoms with Crippen LogP contribution in [0.5, 0.6) is 0 Å². The molecule has 0 atom stereocenters. The Morgan fingerprint density at radius 2 is 1.10 bits per heavy atom. The number of aromatic carboxylic acids is 2. The second-order valence-electron chi connectivity index (χ2n) is 4.10. The van der Waals surface area contributed by atoms with Crippen molar-refractivity contribution in [2.45, 2.75) is 25.4 Å². The molecule has 0 aliphatic carbocycles. The van der Waals surface area contributed by atoms with Gasteiger partial charge in [-0.15, -0.1) is 0 Å². The van der Waals surface area contributed by atoms with Crippen LogP contribution < -0.4 is 0 Å². The van der Waals surface area contributed by atoms with Crippen molar-refractivity contribution in [2.24, 2.45) is 0 Å². The first-order chi connectivity index (χ1) is 9.23. The molecule has 1 rings (SSSR count). The molecule has 1 aromatic rings. The summed E-state index contributed by atoms with van der Waals surface area (Å²) in [6.45, 7) is 0. The highest BCUT2D eigenvalue weighted by Crippen LogP contribution is 2.23. The zero-order valence-electron chi connectivity index (χ0n) is 10.2. The Morgan fingerprint density at radius 3 is 1.30 bits per heavy atom. The highest BCUT2D eigenvalue weighted by molar-refractivity contribution is 5.95. The summed E-state index contributed by atoms with van der Waals surface area (Å²) in [5, 5.41) is 54.0. The molecule has 0 aromatic heterocycles. The van der Waals surface area contributed by atoms with Crippen LogP contribution in [0.25, 0.3) is 0 Å². The number of hydrogen-bond acceptors (Lipinski definition) is 6. The number of carboxylic acids is 2. The molecule has 1 aromatic carbocycles. The molecule has 0 aliphatic heterocycles. The fourth-order valence-corrected chi connectivity index (χ4v) is 1.93. The van der Waals surface area contributed by atoms with Gasteiger partial charge in [0.05, 0.1) is 11.1 Å². The van der Waals surface area contributed by atoms with Crippen molar-refractivity contribution in [3.63, 3.8) is 0 Å². The van der Waals surface area contributed by atoms with Crippen LogP contribution in [-0.4, -0.2) is 55.2 Å². The Hall–Kier alpha value is -2.00. The lowest BCUT2D eigenvalue weighted by Crippen LogP contribution is -2.20. The molecule has 0 heterocycles. The van der Waals surface area contributed by atoms with E-state index in [1.807, 2.05) is 0 Å². The third-order valence-electron chi connectivity index (χ3n) is 2.67. The van der Waals surface area contributed by atoms with Gasteiger partial charge in [-0.1, -0.05) is 0 Å². The van der Waals surface area contributed by atoms with Gasteiger partial charge >= 0.3 is 11.9 Å². The molecule has 0 aliphatic rings. The van der Waals surface area contributed by atoms with Gasteiger partial charge in [0, 0.05) is 12.8 Å². The van der Waals surface area contributed by atoms with Gasteiger partial charge in [-0.25, -0.2) is 9.59 Å². The quantitative estimate of drug-likeness (QED) is 0.356. The minimum absolute atomic E-state index is 0.152. The van der Waals surface area contributed by atoms with Crippen molar-refractivity contribution in [2.75, 3.05) is 0 Å². The number of rotatable bonds is 6. The third kappa shape index (κ3) is 3.75.